The number of carbonyl (C=O) groups excluding carboxylic acids is 1. The number of benzene rings is 2. The van der Waals surface area contributed by atoms with Gasteiger partial charge in [-0.05, 0) is 48.7 Å². The molecule has 2 aromatic carbocycles. The van der Waals surface area contributed by atoms with Gasteiger partial charge in [-0.3, -0.25) is 4.79 Å². The van der Waals surface area contributed by atoms with Gasteiger partial charge >= 0.3 is 5.63 Å². The molecular weight excluding hydrogens is 353 g/mol. The van der Waals surface area contributed by atoms with Crippen LogP contribution in [0.4, 0.5) is 4.39 Å². The topological polar surface area (TPSA) is 99.8 Å². The molecule has 3 aromatic rings. The Morgan fingerprint density at radius 3 is 2.74 bits per heavy atom. The Hall–Kier alpha value is -3.35. The van der Waals surface area contributed by atoms with Crippen LogP contribution < -0.4 is 10.9 Å². The number of phenols is 2. The first-order chi connectivity index (χ1) is 12.9. The maximum absolute atomic E-state index is 13.1. The second kappa shape index (κ2) is 7.49. The van der Waals surface area contributed by atoms with E-state index in [0.29, 0.717) is 23.9 Å². The van der Waals surface area contributed by atoms with E-state index in [1.165, 1.54) is 24.3 Å². The molecule has 0 fully saturated rings. The fourth-order valence-corrected chi connectivity index (χ4v) is 2.90. The monoisotopic (exact) mass is 371 g/mol. The number of hydrogen-bond acceptors (Lipinski definition) is 5. The third-order valence-corrected chi connectivity index (χ3v) is 4.37. The van der Waals surface area contributed by atoms with Crippen LogP contribution in [0.5, 0.6) is 11.5 Å². The van der Waals surface area contributed by atoms with Gasteiger partial charge in [0, 0.05) is 11.9 Å². The lowest BCUT2D eigenvalue weighted by atomic mass is 10.0. The van der Waals surface area contributed by atoms with E-state index in [-0.39, 0.29) is 29.3 Å². The second-order valence-electron chi connectivity index (χ2n) is 6.21. The van der Waals surface area contributed by atoms with Gasteiger partial charge in [0.25, 0.3) is 0 Å². The van der Waals surface area contributed by atoms with Crippen molar-refractivity contribution < 1.29 is 23.8 Å². The summed E-state index contributed by atoms with van der Waals surface area (Å²) < 4.78 is 18.2. The molecule has 0 saturated carbocycles. The molecule has 6 nitrogen and oxygen atoms in total. The van der Waals surface area contributed by atoms with E-state index in [1.807, 2.05) is 0 Å². The summed E-state index contributed by atoms with van der Waals surface area (Å²) >= 11 is 0. The maximum Gasteiger partial charge on any atom is 0.340 e. The Balaban J connectivity index is 1.73. The quantitative estimate of drug-likeness (QED) is 0.473. The maximum atomic E-state index is 13.1. The van der Waals surface area contributed by atoms with Crippen LogP contribution in [-0.2, 0) is 17.6 Å². The van der Waals surface area contributed by atoms with Gasteiger partial charge in [0.05, 0.1) is 12.0 Å². The minimum Gasteiger partial charge on any atom is -0.504 e. The molecule has 27 heavy (non-hydrogen) atoms. The summed E-state index contributed by atoms with van der Waals surface area (Å²) in [6.07, 6.45) is 0.275. The van der Waals surface area contributed by atoms with Gasteiger partial charge < -0.3 is 19.9 Å². The predicted molar refractivity (Wildman–Crippen MR) is 97.4 cm³/mol. The van der Waals surface area contributed by atoms with E-state index in [9.17, 15) is 24.2 Å². The minimum atomic E-state index is -0.749. The second-order valence-corrected chi connectivity index (χ2v) is 6.21. The molecular formula is C20H18FNO5. The van der Waals surface area contributed by atoms with Crippen molar-refractivity contribution in [3.05, 3.63) is 69.3 Å². The summed E-state index contributed by atoms with van der Waals surface area (Å²) in [4.78, 5) is 24.4. The van der Waals surface area contributed by atoms with Gasteiger partial charge in [-0.25, -0.2) is 9.18 Å². The molecule has 0 bridgehead atoms. The van der Waals surface area contributed by atoms with Gasteiger partial charge in [-0.2, -0.15) is 0 Å². The summed E-state index contributed by atoms with van der Waals surface area (Å²) in [6, 6.07) is 8.90. The van der Waals surface area contributed by atoms with Crippen molar-refractivity contribution in [2.24, 2.45) is 0 Å². The van der Waals surface area contributed by atoms with E-state index < -0.39 is 17.1 Å². The number of hydrogen-bond donors (Lipinski definition) is 3. The molecule has 3 N–H and O–H groups in total. The van der Waals surface area contributed by atoms with Crippen LogP contribution in [0.15, 0.2) is 45.6 Å². The lowest BCUT2D eigenvalue weighted by Crippen LogP contribution is -2.29. The Bertz CT molecular complexity index is 1070. The molecule has 3 rings (SSSR count). The van der Waals surface area contributed by atoms with E-state index in [4.69, 9.17) is 4.42 Å². The van der Waals surface area contributed by atoms with Crippen molar-refractivity contribution in [2.75, 3.05) is 6.54 Å². The average Bonchev–Trinajstić information content (AvgIpc) is 2.62. The number of aryl methyl sites for hydroxylation is 1. The normalized spacial score (nSPS) is 10.9. The highest BCUT2D eigenvalue weighted by atomic mass is 19.1. The van der Waals surface area contributed by atoms with Crippen molar-refractivity contribution >= 4 is 16.9 Å². The molecule has 0 radical (unpaired) electrons. The third-order valence-electron chi connectivity index (χ3n) is 4.37. The van der Waals surface area contributed by atoms with Crippen LogP contribution in [0, 0.1) is 12.7 Å². The van der Waals surface area contributed by atoms with Crippen LogP contribution in [0.2, 0.25) is 0 Å². The van der Waals surface area contributed by atoms with Crippen LogP contribution in [-0.4, -0.2) is 22.7 Å². The summed E-state index contributed by atoms with van der Waals surface area (Å²) in [5.74, 6) is -1.62. The molecule has 1 amide bonds. The Morgan fingerprint density at radius 2 is 2.00 bits per heavy atom. The number of fused-ring (bicyclic) bond motifs is 1. The molecule has 1 heterocycles. The smallest absolute Gasteiger partial charge is 0.340 e. The summed E-state index contributed by atoms with van der Waals surface area (Å²) in [7, 11) is 0. The van der Waals surface area contributed by atoms with Crippen molar-refractivity contribution in [2.45, 2.75) is 19.8 Å². The lowest BCUT2D eigenvalue weighted by molar-refractivity contribution is -0.120. The standard InChI is InChI=1S/C20H18FNO5/c1-11-14-5-6-16(23)18(25)19(14)27-20(26)15(11)10-17(24)22-8-7-12-3-2-4-13(21)9-12/h2-6,9,23,25H,7-8,10H2,1H3,(H,22,24). The molecule has 140 valence electrons. The minimum absolute atomic E-state index is 0.118. The predicted octanol–water partition coefficient (Wildman–Crippen LogP) is 2.55. The Labute approximate surface area is 153 Å². The zero-order chi connectivity index (χ0) is 19.6. The first kappa shape index (κ1) is 18.4. The van der Waals surface area contributed by atoms with Crippen LogP contribution >= 0.6 is 0 Å². The molecule has 0 unspecified atom stereocenters. The van der Waals surface area contributed by atoms with Crippen molar-refractivity contribution in [1.82, 2.24) is 5.32 Å². The van der Waals surface area contributed by atoms with Crippen molar-refractivity contribution in [3.8, 4) is 11.5 Å². The number of aromatic hydroxyl groups is 2. The number of carbonyl (C=O) groups is 1. The Kier molecular flexibility index (Phi) is 5.12. The molecule has 0 saturated heterocycles. The first-order valence-corrected chi connectivity index (χ1v) is 8.35. The summed E-state index contributed by atoms with van der Waals surface area (Å²) in [5, 5.41) is 22.5. The van der Waals surface area contributed by atoms with Crippen LogP contribution in [0.1, 0.15) is 16.7 Å². The zero-order valence-corrected chi connectivity index (χ0v) is 14.6. The fraction of sp³-hybridized carbons (Fsp3) is 0.200. The molecule has 1 aromatic heterocycles. The summed E-state index contributed by atoms with van der Waals surface area (Å²) in [5.41, 5.74) is 0.564. The Morgan fingerprint density at radius 1 is 1.22 bits per heavy atom. The molecule has 0 aliphatic carbocycles. The highest BCUT2D eigenvalue weighted by Crippen LogP contribution is 2.34. The molecule has 0 aliphatic heterocycles. The highest BCUT2D eigenvalue weighted by molar-refractivity contribution is 5.89. The fourth-order valence-electron chi connectivity index (χ4n) is 2.90. The van der Waals surface area contributed by atoms with Crippen molar-refractivity contribution in [1.29, 1.82) is 0 Å². The molecule has 0 atom stereocenters. The first-order valence-electron chi connectivity index (χ1n) is 8.35. The van der Waals surface area contributed by atoms with Gasteiger partial charge in [-0.15, -0.1) is 0 Å². The van der Waals surface area contributed by atoms with E-state index in [2.05, 4.69) is 5.32 Å². The van der Waals surface area contributed by atoms with Crippen LogP contribution in [0.25, 0.3) is 11.0 Å². The average molecular weight is 371 g/mol. The SMILES string of the molecule is Cc1c(CC(=O)NCCc2cccc(F)c2)c(=O)oc2c(O)c(O)ccc12. The summed E-state index contributed by atoms with van der Waals surface area (Å²) in [6.45, 7) is 1.94. The zero-order valence-electron chi connectivity index (χ0n) is 14.6. The van der Waals surface area contributed by atoms with E-state index in [1.54, 1.807) is 19.1 Å². The number of nitrogens with one attached hydrogen (secondary N) is 1. The van der Waals surface area contributed by atoms with Gasteiger partial charge in [0.15, 0.2) is 11.3 Å². The number of phenolic OH excluding ortho intramolecular Hbond substituents is 2. The number of rotatable bonds is 5. The van der Waals surface area contributed by atoms with Gasteiger partial charge in [0.1, 0.15) is 5.82 Å². The van der Waals surface area contributed by atoms with Gasteiger partial charge in [-0.1, -0.05) is 12.1 Å². The third kappa shape index (κ3) is 3.92. The van der Waals surface area contributed by atoms with Gasteiger partial charge in [0.2, 0.25) is 11.7 Å². The van der Waals surface area contributed by atoms with E-state index >= 15 is 0 Å². The molecule has 0 spiro atoms. The number of amides is 1. The molecule has 7 heteroatoms. The van der Waals surface area contributed by atoms with Crippen LogP contribution in [0.3, 0.4) is 0 Å². The van der Waals surface area contributed by atoms with Crippen molar-refractivity contribution in [3.63, 3.8) is 0 Å². The molecule has 0 aliphatic rings. The largest absolute Gasteiger partial charge is 0.504 e. The van der Waals surface area contributed by atoms with E-state index in [0.717, 1.165) is 5.56 Å². The lowest BCUT2D eigenvalue weighted by Gasteiger charge is -2.10. The highest BCUT2D eigenvalue weighted by Gasteiger charge is 2.18. The number of halogens is 1.